The quantitative estimate of drug-likeness (QED) is 0.730. The largest absolute Gasteiger partial charge is 0.495 e. The van der Waals surface area contributed by atoms with E-state index < -0.39 is 0 Å². The molecule has 3 heteroatoms. The number of anilines is 1. The summed E-state index contributed by atoms with van der Waals surface area (Å²) < 4.78 is 6.37. The standard InChI is InChI=1S/C18H28BrNO/c1-12(2)14-5-7-15(8-6-14)13(3)20-16-9-10-17(19)18(11-16)21-4/h9-15,20H,5-8H2,1-4H3. The highest BCUT2D eigenvalue weighted by Gasteiger charge is 2.26. The van der Waals surface area contributed by atoms with Crippen molar-refractivity contribution in [2.75, 3.05) is 12.4 Å². The van der Waals surface area contributed by atoms with Crippen molar-refractivity contribution < 1.29 is 4.74 Å². The van der Waals surface area contributed by atoms with Crippen molar-refractivity contribution in [3.05, 3.63) is 22.7 Å². The van der Waals surface area contributed by atoms with Gasteiger partial charge < -0.3 is 10.1 Å². The molecule has 118 valence electrons. The molecule has 1 atom stereocenters. The second-order valence-corrected chi connectivity index (χ2v) is 7.56. The first kappa shape index (κ1) is 16.7. The molecule has 1 unspecified atom stereocenters. The first-order valence-electron chi connectivity index (χ1n) is 8.11. The van der Waals surface area contributed by atoms with Gasteiger partial charge >= 0.3 is 0 Å². The zero-order chi connectivity index (χ0) is 15.4. The maximum Gasteiger partial charge on any atom is 0.135 e. The second kappa shape index (κ2) is 7.53. The summed E-state index contributed by atoms with van der Waals surface area (Å²) in [5, 5.41) is 3.66. The number of nitrogens with one attached hydrogen (secondary N) is 1. The smallest absolute Gasteiger partial charge is 0.135 e. The van der Waals surface area contributed by atoms with Gasteiger partial charge in [0.1, 0.15) is 5.75 Å². The number of ether oxygens (including phenoxy) is 1. The van der Waals surface area contributed by atoms with E-state index in [9.17, 15) is 0 Å². The number of halogens is 1. The van der Waals surface area contributed by atoms with Crippen LogP contribution in [-0.2, 0) is 0 Å². The van der Waals surface area contributed by atoms with Gasteiger partial charge in [-0.3, -0.25) is 0 Å². The average molecular weight is 354 g/mol. The third-order valence-corrected chi connectivity index (χ3v) is 5.67. The van der Waals surface area contributed by atoms with E-state index in [0.717, 1.165) is 33.7 Å². The molecule has 2 rings (SSSR count). The lowest BCUT2D eigenvalue weighted by molar-refractivity contribution is 0.212. The van der Waals surface area contributed by atoms with Crippen LogP contribution in [0.15, 0.2) is 22.7 Å². The van der Waals surface area contributed by atoms with E-state index >= 15 is 0 Å². The summed E-state index contributed by atoms with van der Waals surface area (Å²) in [5.74, 6) is 3.44. The third-order valence-electron chi connectivity index (χ3n) is 5.01. The topological polar surface area (TPSA) is 21.3 Å². The Labute approximate surface area is 137 Å². The van der Waals surface area contributed by atoms with Gasteiger partial charge in [-0.25, -0.2) is 0 Å². The van der Waals surface area contributed by atoms with E-state index in [4.69, 9.17) is 4.74 Å². The summed E-state index contributed by atoms with van der Waals surface area (Å²) in [4.78, 5) is 0. The highest BCUT2D eigenvalue weighted by atomic mass is 79.9. The van der Waals surface area contributed by atoms with Crippen molar-refractivity contribution in [2.45, 2.75) is 52.5 Å². The van der Waals surface area contributed by atoms with E-state index in [-0.39, 0.29) is 0 Å². The average Bonchev–Trinajstić information content (AvgIpc) is 2.49. The first-order valence-corrected chi connectivity index (χ1v) is 8.90. The lowest BCUT2D eigenvalue weighted by atomic mass is 9.75. The van der Waals surface area contributed by atoms with Crippen LogP contribution in [0.5, 0.6) is 5.75 Å². The Bertz CT molecular complexity index is 453. The minimum Gasteiger partial charge on any atom is -0.495 e. The number of methoxy groups -OCH3 is 1. The number of rotatable bonds is 5. The molecule has 0 radical (unpaired) electrons. The molecule has 0 aromatic heterocycles. The van der Waals surface area contributed by atoms with Crippen LogP contribution in [0.1, 0.15) is 46.5 Å². The van der Waals surface area contributed by atoms with Crippen LogP contribution in [0.2, 0.25) is 0 Å². The van der Waals surface area contributed by atoms with E-state index in [0.29, 0.717) is 6.04 Å². The summed E-state index contributed by atoms with van der Waals surface area (Å²) in [6, 6.07) is 6.75. The first-order chi connectivity index (χ1) is 10.0. The van der Waals surface area contributed by atoms with Crippen LogP contribution in [0, 0.1) is 17.8 Å². The van der Waals surface area contributed by atoms with Crippen LogP contribution in [0.4, 0.5) is 5.69 Å². The molecule has 1 aromatic carbocycles. The maximum atomic E-state index is 5.37. The van der Waals surface area contributed by atoms with Gasteiger partial charge in [0.25, 0.3) is 0 Å². The zero-order valence-electron chi connectivity index (χ0n) is 13.7. The summed E-state index contributed by atoms with van der Waals surface area (Å²) in [7, 11) is 1.71. The minimum atomic E-state index is 0.518. The second-order valence-electron chi connectivity index (χ2n) is 6.70. The molecular formula is C18H28BrNO. The van der Waals surface area contributed by atoms with Gasteiger partial charge in [0, 0.05) is 17.8 Å². The predicted molar refractivity (Wildman–Crippen MR) is 94.1 cm³/mol. The number of hydrogen-bond acceptors (Lipinski definition) is 2. The molecule has 0 saturated heterocycles. The van der Waals surface area contributed by atoms with Gasteiger partial charge in [0.15, 0.2) is 0 Å². The molecule has 1 aliphatic rings. The van der Waals surface area contributed by atoms with Crippen molar-refractivity contribution in [1.29, 1.82) is 0 Å². The lowest BCUT2D eigenvalue weighted by Crippen LogP contribution is -2.30. The molecule has 1 N–H and O–H groups in total. The lowest BCUT2D eigenvalue weighted by Gasteiger charge is -2.34. The molecule has 1 fully saturated rings. The van der Waals surface area contributed by atoms with Crippen molar-refractivity contribution in [1.82, 2.24) is 0 Å². The highest BCUT2D eigenvalue weighted by Crippen LogP contribution is 2.36. The fourth-order valence-corrected chi connectivity index (χ4v) is 3.85. The Hall–Kier alpha value is -0.700. The van der Waals surface area contributed by atoms with Gasteiger partial charge in [-0.1, -0.05) is 13.8 Å². The highest BCUT2D eigenvalue weighted by molar-refractivity contribution is 9.10. The fourth-order valence-electron chi connectivity index (χ4n) is 3.44. The Morgan fingerprint density at radius 2 is 1.71 bits per heavy atom. The van der Waals surface area contributed by atoms with Gasteiger partial charge in [0.2, 0.25) is 0 Å². The minimum absolute atomic E-state index is 0.518. The molecule has 1 saturated carbocycles. The summed E-state index contributed by atoms with van der Waals surface area (Å²) >= 11 is 3.50. The molecule has 0 aliphatic heterocycles. The van der Waals surface area contributed by atoms with Crippen LogP contribution in [-0.4, -0.2) is 13.2 Å². The van der Waals surface area contributed by atoms with Crippen LogP contribution in [0.3, 0.4) is 0 Å². The van der Waals surface area contributed by atoms with Crippen molar-refractivity contribution >= 4 is 21.6 Å². The van der Waals surface area contributed by atoms with Crippen LogP contribution < -0.4 is 10.1 Å². The molecule has 1 aromatic rings. The predicted octanol–water partition coefficient (Wildman–Crippen LogP) is 5.72. The Morgan fingerprint density at radius 3 is 2.29 bits per heavy atom. The fraction of sp³-hybridized carbons (Fsp3) is 0.667. The summed E-state index contributed by atoms with van der Waals surface area (Å²) in [6.07, 6.45) is 5.48. The molecule has 1 aliphatic carbocycles. The van der Waals surface area contributed by atoms with Crippen molar-refractivity contribution in [3.63, 3.8) is 0 Å². The molecule has 21 heavy (non-hydrogen) atoms. The third kappa shape index (κ3) is 4.38. The van der Waals surface area contributed by atoms with Gasteiger partial charge in [0.05, 0.1) is 11.6 Å². The van der Waals surface area contributed by atoms with Gasteiger partial charge in [-0.2, -0.15) is 0 Å². The Kier molecular flexibility index (Phi) is 5.98. The van der Waals surface area contributed by atoms with Gasteiger partial charge in [-0.15, -0.1) is 0 Å². The van der Waals surface area contributed by atoms with E-state index in [1.807, 2.05) is 6.07 Å². The molecule has 0 spiro atoms. The van der Waals surface area contributed by atoms with Crippen LogP contribution >= 0.6 is 15.9 Å². The van der Waals surface area contributed by atoms with E-state index in [2.05, 4.69) is 54.2 Å². The summed E-state index contributed by atoms with van der Waals surface area (Å²) in [6.45, 7) is 7.04. The molecule has 0 heterocycles. The van der Waals surface area contributed by atoms with Crippen LogP contribution in [0.25, 0.3) is 0 Å². The summed E-state index contributed by atoms with van der Waals surface area (Å²) in [5.41, 5.74) is 1.15. The number of benzene rings is 1. The normalized spacial score (nSPS) is 23.9. The zero-order valence-corrected chi connectivity index (χ0v) is 15.2. The Balaban J connectivity index is 1.91. The van der Waals surface area contributed by atoms with Gasteiger partial charge in [-0.05, 0) is 78.4 Å². The SMILES string of the molecule is COc1cc(NC(C)C2CCC(C(C)C)CC2)ccc1Br. The van der Waals surface area contributed by atoms with Crippen molar-refractivity contribution in [2.24, 2.45) is 17.8 Å². The molecular weight excluding hydrogens is 326 g/mol. The number of hydrogen-bond donors (Lipinski definition) is 1. The molecule has 0 bridgehead atoms. The molecule has 2 nitrogen and oxygen atoms in total. The van der Waals surface area contributed by atoms with E-state index in [1.54, 1.807) is 7.11 Å². The molecule has 0 amide bonds. The maximum absolute atomic E-state index is 5.37. The van der Waals surface area contributed by atoms with Crippen molar-refractivity contribution in [3.8, 4) is 5.75 Å². The van der Waals surface area contributed by atoms with E-state index in [1.165, 1.54) is 25.7 Å². The monoisotopic (exact) mass is 353 g/mol. The Morgan fingerprint density at radius 1 is 1.10 bits per heavy atom.